The maximum absolute atomic E-state index is 11.9. The number of amides is 2. The Kier molecular flexibility index (Phi) is 5.51. The number of anilines is 1. The number of urea groups is 1. The predicted molar refractivity (Wildman–Crippen MR) is 74.6 cm³/mol. The van der Waals surface area contributed by atoms with E-state index in [2.05, 4.69) is 5.32 Å². The van der Waals surface area contributed by atoms with Crippen LogP contribution in [-0.2, 0) is 4.74 Å². The third-order valence-corrected chi connectivity index (χ3v) is 2.93. The van der Waals surface area contributed by atoms with Crippen LogP contribution >= 0.6 is 0 Å². The van der Waals surface area contributed by atoms with Gasteiger partial charge >= 0.3 is 6.03 Å². The number of carbonyl (C=O) groups excluding carboxylic acids is 2. The van der Waals surface area contributed by atoms with Crippen LogP contribution in [0.1, 0.15) is 24.2 Å². The molecule has 19 heavy (non-hydrogen) atoms. The van der Waals surface area contributed by atoms with E-state index in [-0.39, 0.29) is 17.9 Å². The first-order valence-electron chi connectivity index (χ1n) is 6.09. The maximum Gasteiger partial charge on any atom is 0.321 e. The Hall–Kier alpha value is -1.88. The molecular weight excluding hydrogens is 244 g/mol. The van der Waals surface area contributed by atoms with Crippen LogP contribution in [0.15, 0.2) is 24.3 Å². The molecule has 0 aromatic heterocycles. The van der Waals surface area contributed by atoms with E-state index in [0.29, 0.717) is 17.9 Å². The number of benzene rings is 1. The van der Waals surface area contributed by atoms with E-state index >= 15 is 0 Å². The first kappa shape index (κ1) is 15.2. The molecule has 104 valence electrons. The van der Waals surface area contributed by atoms with Gasteiger partial charge < -0.3 is 15.0 Å². The lowest BCUT2D eigenvalue weighted by Crippen LogP contribution is -2.40. The summed E-state index contributed by atoms with van der Waals surface area (Å²) in [5.41, 5.74) is 1.28. The number of ketones is 1. The fraction of sp³-hybridized carbons (Fsp3) is 0.429. The van der Waals surface area contributed by atoms with Crippen LogP contribution in [0.5, 0.6) is 0 Å². The monoisotopic (exact) mass is 264 g/mol. The Morgan fingerprint density at radius 3 is 2.37 bits per heavy atom. The number of ether oxygens (including phenoxy) is 1. The number of carbonyl (C=O) groups is 2. The number of hydrogen-bond acceptors (Lipinski definition) is 3. The van der Waals surface area contributed by atoms with E-state index in [9.17, 15) is 9.59 Å². The molecule has 1 rings (SSSR count). The van der Waals surface area contributed by atoms with Crippen molar-refractivity contribution in [2.24, 2.45) is 0 Å². The van der Waals surface area contributed by atoms with Crippen molar-refractivity contribution in [3.8, 4) is 0 Å². The molecule has 0 radical (unpaired) electrons. The Bertz CT molecular complexity index is 443. The first-order chi connectivity index (χ1) is 8.95. The van der Waals surface area contributed by atoms with Gasteiger partial charge in [-0.1, -0.05) is 0 Å². The van der Waals surface area contributed by atoms with E-state index in [1.54, 1.807) is 43.3 Å². The van der Waals surface area contributed by atoms with Gasteiger partial charge in [0.1, 0.15) is 0 Å². The Morgan fingerprint density at radius 2 is 1.89 bits per heavy atom. The SMILES string of the molecule is COCC(C)N(C)C(=O)Nc1ccc(C(C)=O)cc1. The van der Waals surface area contributed by atoms with E-state index in [1.807, 2.05) is 6.92 Å². The van der Waals surface area contributed by atoms with Crippen LogP contribution in [0.3, 0.4) is 0 Å². The molecule has 1 atom stereocenters. The summed E-state index contributed by atoms with van der Waals surface area (Å²) in [5.74, 6) is 0.00344. The molecule has 0 aliphatic carbocycles. The first-order valence-corrected chi connectivity index (χ1v) is 6.09. The van der Waals surface area contributed by atoms with E-state index in [0.717, 1.165) is 0 Å². The second-order valence-corrected chi connectivity index (χ2v) is 4.48. The largest absolute Gasteiger partial charge is 0.383 e. The van der Waals surface area contributed by atoms with Crippen LogP contribution in [0, 0.1) is 0 Å². The summed E-state index contributed by atoms with van der Waals surface area (Å²) in [6, 6.07) is 6.58. The molecule has 1 aromatic rings. The number of Topliss-reactive ketones (excluding diaryl/α,β-unsaturated/α-hetero) is 1. The molecule has 1 N–H and O–H groups in total. The fourth-order valence-corrected chi connectivity index (χ4v) is 1.55. The standard InChI is InChI=1S/C14H20N2O3/c1-10(9-19-4)16(3)14(18)15-13-7-5-12(6-8-13)11(2)17/h5-8,10H,9H2,1-4H3,(H,15,18). The maximum atomic E-state index is 11.9. The minimum absolute atomic E-state index is 0.00344. The van der Waals surface area contributed by atoms with Crippen molar-refractivity contribution in [1.82, 2.24) is 4.90 Å². The normalized spacial score (nSPS) is 11.8. The predicted octanol–water partition coefficient (Wildman–Crippen LogP) is 2.39. The number of methoxy groups -OCH3 is 1. The summed E-state index contributed by atoms with van der Waals surface area (Å²) in [5, 5.41) is 2.77. The fourth-order valence-electron chi connectivity index (χ4n) is 1.55. The summed E-state index contributed by atoms with van der Waals surface area (Å²) >= 11 is 0. The van der Waals surface area contributed by atoms with Gasteiger partial charge in [0.25, 0.3) is 0 Å². The molecule has 2 amide bonds. The molecule has 0 saturated heterocycles. The third-order valence-electron chi connectivity index (χ3n) is 2.93. The van der Waals surface area contributed by atoms with Gasteiger partial charge in [-0.2, -0.15) is 0 Å². The molecular formula is C14H20N2O3. The molecule has 5 nitrogen and oxygen atoms in total. The van der Waals surface area contributed by atoms with Gasteiger partial charge in [-0.25, -0.2) is 4.79 Å². The zero-order valence-corrected chi connectivity index (χ0v) is 11.8. The molecule has 0 spiro atoms. The third kappa shape index (κ3) is 4.37. The van der Waals surface area contributed by atoms with Crippen LogP contribution in [0.4, 0.5) is 10.5 Å². The molecule has 0 saturated carbocycles. The lowest BCUT2D eigenvalue weighted by molar-refractivity contribution is 0.101. The highest BCUT2D eigenvalue weighted by molar-refractivity contribution is 5.95. The summed E-state index contributed by atoms with van der Waals surface area (Å²) in [4.78, 5) is 24.7. The highest BCUT2D eigenvalue weighted by Gasteiger charge is 2.15. The van der Waals surface area contributed by atoms with Gasteiger partial charge in [-0.15, -0.1) is 0 Å². The van der Waals surface area contributed by atoms with Crippen LogP contribution < -0.4 is 5.32 Å². The van der Waals surface area contributed by atoms with Crippen LogP contribution in [0.2, 0.25) is 0 Å². The molecule has 1 aromatic carbocycles. The smallest absolute Gasteiger partial charge is 0.321 e. The van der Waals surface area contributed by atoms with Crippen molar-refractivity contribution in [3.63, 3.8) is 0 Å². The van der Waals surface area contributed by atoms with Crippen molar-refractivity contribution in [2.45, 2.75) is 19.9 Å². The number of nitrogens with zero attached hydrogens (tertiary/aromatic N) is 1. The second kappa shape index (κ2) is 6.89. The lowest BCUT2D eigenvalue weighted by Gasteiger charge is -2.24. The molecule has 1 unspecified atom stereocenters. The zero-order chi connectivity index (χ0) is 14.4. The van der Waals surface area contributed by atoms with Gasteiger partial charge in [0.05, 0.1) is 12.6 Å². The van der Waals surface area contributed by atoms with Gasteiger partial charge in [0.2, 0.25) is 0 Å². The minimum atomic E-state index is -0.208. The highest BCUT2D eigenvalue weighted by Crippen LogP contribution is 2.11. The number of hydrogen-bond donors (Lipinski definition) is 1. The zero-order valence-electron chi connectivity index (χ0n) is 11.8. The Labute approximate surface area is 113 Å². The molecule has 0 fully saturated rings. The molecule has 0 aliphatic heterocycles. The van der Waals surface area contributed by atoms with Crippen molar-refractivity contribution < 1.29 is 14.3 Å². The minimum Gasteiger partial charge on any atom is -0.383 e. The summed E-state index contributed by atoms with van der Waals surface area (Å²) in [7, 11) is 3.31. The van der Waals surface area contributed by atoms with Gasteiger partial charge in [-0.3, -0.25) is 4.79 Å². The van der Waals surface area contributed by atoms with Crippen molar-refractivity contribution >= 4 is 17.5 Å². The molecule has 5 heteroatoms. The summed E-state index contributed by atoms with van der Waals surface area (Å²) in [6.45, 7) is 3.89. The van der Waals surface area contributed by atoms with Crippen LogP contribution in [0.25, 0.3) is 0 Å². The van der Waals surface area contributed by atoms with Gasteiger partial charge in [0, 0.05) is 25.4 Å². The molecule has 0 bridgehead atoms. The summed E-state index contributed by atoms with van der Waals surface area (Å²) < 4.78 is 5.01. The van der Waals surface area contributed by atoms with Gasteiger partial charge in [-0.05, 0) is 38.1 Å². The highest BCUT2D eigenvalue weighted by atomic mass is 16.5. The van der Waals surface area contributed by atoms with Crippen LogP contribution in [-0.4, -0.2) is 43.5 Å². The average Bonchev–Trinajstić information content (AvgIpc) is 2.38. The topological polar surface area (TPSA) is 58.6 Å². The van der Waals surface area contributed by atoms with Crippen molar-refractivity contribution in [2.75, 3.05) is 26.1 Å². The number of nitrogens with one attached hydrogen (secondary N) is 1. The average molecular weight is 264 g/mol. The quantitative estimate of drug-likeness (QED) is 0.831. The second-order valence-electron chi connectivity index (χ2n) is 4.48. The number of rotatable bonds is 5. The van der Waals surface area contributed by atoms with E-state index < -0.39 is 0 Å². The van der Waals surface area contributed by atoms with Crippen molar-refractivity contribution in [3.05, 3.63) is 29.8 Å². The van der Waals surface area contributed by atoms with E-state index in [4.69, 9.17) is 4.74 Å². The summed E-state index contributed by atoms with van der Waals surface area (Å²) in [6.07, 6.45) is 0. The van der Waals surface area contributed by atoms with E-state index in [1.165, 1.54) is 6.92 Å². The molecule has 0 heterocycles. The van der Waals surface area contributed by atoms with Crippen molar-refractivity contribution in [1.29, 1.82) is 0 Å². The Balaban J connectivity index is 2.63. The lowest BCUT2D eigenvalue weighted by atomic mass is 10.1. The Morgan fingerprint density at radius 1 is 1.32 bits per heavy atom. The molecule has 0 aliphatic rings. The number of likely N-dealkylation sites (N-methyl/N-ethyl adjacent to an activating group) is 1. The van der Waals surface area contributed by atoms with Gasteiger partial charge in [0.15, 0.2) is 5.78 Å².